The van der Waals surface area contributed by atoms with Gasteiger partial charge in [-0.1, -0.05) is 36.4 Å². The molecule has 0 aliphatic rings. The first-order valence-electron chi connectivity index (χ1n) is 4.84. The lowest BCUT2D eigenvalue weighted by Gasteiger charge is -2.04. The number of hydrogen-bond acceptors (Lipinski definition) is 3. The molecule has 0 fully saturated rings. The quantitative estimate of drug-likeness (QED) is 0.603. The lowest BCUT2D eigenvalue weighted by atomic mass is 10.3. The second kappa shape index (κ2) is 6.60. The fourth-order valence-electron chi connectivity index (χ4n) is 1.19. The molecule has 0 aliphatic heterocycles. The van der Waals surface area contributed by atoms with Gasteiger partial charge in [-0.3, -0.25) is 0 Å². The van der Waals surface area contributed by atoms with Gasteiger partial charge in [0.15, 0.2) is 0 Å². The molecule has 0 spiro atoms. The third-order valence-electron chi connectivity index (χ3n) is 1.89. The molecule has 17 heavy (non-hydrogen) atoms. The first-order chi connectivity index (χ1) is 7.84. The molecule has 0 saturated heterocycles. The predicted octanol–water partition coefficient (Wildman–Crippen LogP) is 3.38. The number of carbonyl (C=O) groups is 1. The van der Waals surface area contributed by atoms with Crippen molar-refractivity contribution in [2.75, 3.05) is 0 Å². The number of benzene rings is 2. The Bertz CT molecular complexity index is 413. The van der Waals surface area contributed by atoms with E-state index in [0.29, 0.717) is 11.5 Å². The zero-order chi connectivity index (χ0) is 11.2. The van der Waals surface area contributed by atoms with Gasteiger partial charge in [0.2, 0.25) is 0 Å². The van der Waals surface area contributed by atoms with Crippen LogP contribution in [0.1, 0.15) is 0 Å². The van der Waals surface area contributed by atoms with E-state index in [1.54, 1.807) is 48.5 Å². The van der Waals surface area contributed by atoms with E-state index < -0.39 is 6.16 Å². The molecule has 0 bridgehead atoms. The number of carbonyl (C=O) groups excluding carboxylic acids is 1. The number of rotatable bonds is 2. The van der Waals surface area contributed by atoms with Crippen LogP contribution in [0, 0.1) is 0 Å². The second-order valence-electron chi connectivity index (χ2n) is 3.08. The molecule has 3 nitrogen and oxygen atoms in total. The summed E-state index contributed by atoms with van der Waals surface area (Å²) < 4.78 is 9.91. The van der Waals surface area contributed by atoms with Crippen LogP contribution in [0.5, 0.6) is 11.5 Å². The summed E-state index contributed by atoms with van der Waals surface area (Å²) in [4.78, 5) is 11.3. The number of para-hydroxylation sites is 2. The maximum absolute atomic E-state index is 11.3. The van der Waals surface area contributed by atoms with Gasteiger partial charge in [-0.2, -0.15) is 13.5 Å². The zero-order valence-electron chi connectivity index (χ0n) is 9.00. The molecule has 0 heterocycles. The van der Waals surface area contributed by atoms with E-state index in [0.717, 1.165) is 0 Å². The molecule has 0 saturated carbocycles. The van der Waals surface area contributed by atoms with Crippen LogP contribution in [-0.2, 0) is 0 Å². The van der Waals surface area contributed by atoms with Crippen molar-refractivity contribution >= 4 is 19.7 Å². The first-order valence-corrected chi connectivity index (χ1v) is 4.84. The van der Waals surface area contributed by atoms with Gasteiger partial charge in [-0.15, -0.1) is 0 Å². The molecule has 88 valence electrons. The fourth-order valence-corrected chi connectivity index (χ4v) is 1.19. The Balaban J connectivity index is 0.00000144. The molecule has 0 aromatic heterocycles. The first kappa shape index (κ1) is 13.1. The van der Waals surface area contributed by atoms with Crippen molar-refractivity contribution in [3.63, 3.8) is 0 Å². The Hall–Kier alpha value is -1.94. The Labute approximate surface area is 106 Å². The summed E-state index contributed by atoms with van der Waals surface area (Å²) in [5, 5.41) is 0. The highest BCUT2D eigenvalue weighted by molar-refractivity contribution is 7.59. The van der Waals surface area contributed by atoms with Crippen molar-refractivity contribution < 1.29 is 14.3 Å². The Morgan fingerprint density at radius 2 is 1.06 bits per heavy atom. The van der Waals surface area contributed by atoms with Crippen LogP contribution in [0.15, 0.2) is 60.7 Å². The summed E-state index contributed by atoms with van der Waals surface area (Å²) >= 11 is 0. The summed E-state index contributed by atoms with van der Waals surface area (Å²) in [6, 6.07) is 17.6. The van der Waals surface area contributed by atoms with Crippen molar-refractivity contribution in [1.29, 1.82) is 0 Å². The maximum atomic E-state index is 11.3. The molecule has 4 heteroatoms. The Morgan fingerprint density at radius 3 is 1.41 bits per heavy atom. The van der Waals surface area contributed by atoms with Gasteiger partial charge in [-0.05, 0) is 24.3 Å². The summed E-state index contributed by atoms with van der Waals surface area (Å²) in [6.45, 7) is 0. The van der Waals surface area contributed by atoms with E-state index in [1.165, 1.54) is 0 Å². The van der Waals surface area contributed by atoms with E-state index in [4.69, 9.17) is 9.47 Å². The van der Waals surface area contributed by atoms with Gasteiger partial charge in [0, 0.05) is 0 Å². The van der Waals surface area contributed by atoms with Crippen molar-refractivity contribution in [3.05, 3.63) is 60.7 Å². The molecule has 0 radical (unpaired) electrons. The van der Waals surface area contributed by atoms with E-state index in [1.807, 2.05) is 12.1 Å². The SMILES string of the molecule is O=C(Oc1ccccc1)Oc1ccccc1.S. The standard InChI is InChI=1S/C13H10O3.H2S/c14-13(15-11-7-3-1-4-8-11)16-12-9-5-2-6-10-12;/h1-10H;1H2. The average molecular weight is 248 g/mol. The third kappa shape index (κ3) is 4.20. The highest BCUT2D eigenvalue weighted by atomic mass is 32.1. The van der Waals surface area contributed by atoms with Gasteiger partial charge >= 0.3 is 6.16 Å². The van der Waals surface area contributed by atoms with Gasteiger partial charge < -0.3 is 9.47 Å². The van der Waals surface area contributed by atoms with Gasteiger partial charge in [0.05, 0.1) is 0 Å². The molecule has 0 amide bonds. The molecule has 0 N–H and O–H groups in total. The Kier molecular flexibility index (Phi) is 5.10. The molecule has 0 unspecified atom stereocenters. The van der Waals surface area contributed by atoms with Crippen molar-refractivity contribution in [2.45, 2.75) is 0 Å². The monoisotopic (exact) mass is 248 g/mol. The minimum absolute atomic E-state index is 0. The maximum Gasteiger partial charge on any atom is 0.519 e. The van der Waals surface area contributed by atoms with Crippen LogP contribution < -0.4 is 9.47 Å². The van der Waals surface area contributed by atoms with Crippen molar-refractivity contribution in [1.82, 2.24) is 0 Å². The average Bonchev–Trinajstić information content (AvgIpc) is 2.31. The lowest BCUT2D eigenvalue weighted by Crippen LogP contribution is -2.13. The van der Waals surface area contributed by atoms with Crippen LogP contribution >= 0.6 is 13.5 Å². The van der Waals surface area contributed by atoms with Gasteiger partial charge in [0.1, 0.15) is 11.5 Å². The molecule has 2 aromatic carbocycles. The lowest BCUT2D eigenvalue weighted by molar-refractivity contribution is 0.152. The van der Waals surface area contributed by atoms with E-state index >= 15 is 0 Å². The van der Waals surface area contributed by atoms with E-state index in [2.05, 4.69) is 0 Å². The van der Waals surface area contributed by atoms with Crippen molar-refractivity contribution in [2.24, 2.45) is 0 Å². The van der Waals surface area contributed by atoms with Crippen molar-refractivity contribution in [3.8, 4) is 11.5 Å². The highest BCUT2D eigenvalue weighted by Crippen LogP contribution is 2.12. The van der Waals surface area contributed by atoms with E-state index in [-0.39, 0.29) is 13.5 Å². The molecule has 2 aromatic rings. The highest BCUT2D eigenvalue weighted by Gasteiger charge is 2.06. The second-order valence-corrected chi connectivity index (χ2v) is 3.08. The van der Waals surface area contributed by atoms with Crippen LogP contribution in [0.3, 0.4) is 0 Å². The van der Waals surface area contributed by atoms with Crippen LogP contribution in [0.25, 0.3) is 0 Å². The minimum atomic E-state index is -0.739. The smallest absolute Gasteiger partial charge is 0.395 e. The third-order valence-corrected chi connectivity index (χ3v) is 1.89. The van der Waals surface area contributed by atoms with E-state index in [9.17, 15) is 4.79 Å². The molecular weight excluding hydrogens is 236 g/mol. The fraction of sp³-hybridized carbons (Fsp3) is 0. The molecule has 2 rings (SSSR count). The van der Waals surface area contributed by atoms with Crippen LogP contribution in [-0.4, -0.2) is 6.16 Å². The Morgan fingerprint density at radius 1 is 0.706 bits per heavy atom. The van der Waals surface area contributed by atoms with Crippen LogP contribution in [0.2, 0.25) is 0 Å². The van der Waals surface area contributed by atoms with Crippen LogP contribution in [0.4, 0.5) is 4.79 Å². The number of hydrogen-bond donors (Lipinski definition) is 0. The minimum Gasteiger partial charge on any atom is -0.395 e. The molecule has 0 aliphatic carbocycles. The predicted molar refractivity (Wildman–Crippen MR) is 69.9 cm³/mol. The summed E-state index contributed by atoms with van der Waals surface area (Å²) in [6.07, 6.45) is -0.739. The zero-order valence-corrected chi connectivity index (χ0v) is 10.00. The summed E-state index contributed by atoms with van der Waals surface area (Å²) in [7, 11) is 0. The van der Waals surface area contributed by atoms with Gasteiger partial charge in [0.25, 0.3) is 0 Å². The summed E-state index contributed by atoms with van der Waals surface area (Å²) in [5.74, 6) is 0.923. The normalized spacial score (nSPS) is 8.94. The summed E-state index contributed by atoms with van der Waals surface area (Å²) in [5.41, 5.74) is 0. The van der Waals surface area contributed by atoms with Gasteiger partial charge in [-0.25, -0.2) is 4.79 Å². The largest absolute Gasteiger partial charge is 0.519 e. The molecular formula is C13H12O3S. The molecule has 0 atom stereocenters. The topological polar surface area (TPSA) is 35.5 Å². The number of ether oxygens (including phenoxy) is 2.